The maximum Gasteiger partial charge on any atom is 0.340 e. The minimum atomic E-state index is -0.495. The van der Waals surface area contributed by atoms with Crippen molar-refractivity contribution in [2.24, 2.45) is 0 Å². The zero-order valence-electron chi connectivity index (χ0n) is 13.2. The fourth-order valence-electron chi connectivity index (χ4n) is 1.96. The molecule has 0 aliphatic rings. The van der Waals surface area contributed by atoms with E-state index < -0.39 is 5.97 Å². The van der Waals surface area contributed by atoms with Gasteiger partial charge in [0.05, 0.1) is 26.9 Å². The molecule has 122 valence electrons. The molecule has 1 aromatic heterocycles. The Morgan fingerprint density at radius 3 is 2.26 bits per heavy atom. The average Bonchev–Trinajstić information content (AvgIpc) is 2.99. The summed E-state index contributed by atoms with van der Waals surface area (Å²) >= 11 is 1.35. The Kier molecular flexibility index (Phi) is 5.23. The van der Waals surface area contributed by atoms with Crippen molar-refractivity contribution in [2.75, 3.05) is 21.3 Å². The number of aromatic hydroxyl groups is 1. The van der Waals surface area contributed by atoms with Gasteiger partial charge in [0.15, 0.2) is 11.5 Å². The first kappa shape index (κ1) is 16.8. The molecule has 0 spiro atoms. The number of hydrogen-bond donors (Lipinski definition) is 1. The monoisotopic (exact) mass is 335 g/mol. The number of hydrogen-bond acceptors (Lipinski definition) is 7. The van der Waals surface area contributed by atoms with Crippen LogP contribution in [0.4, 0.5) is 0 Å². The number of phenols is 1. The highest BCUT2D eigenvalue weighted by Crippen LogP contribution is 2.38. The Labute approximate surface area is 138 Å². The van der Waals surface area contributed by atoms with E-state index in [0.717, 1.165) is 5.69 Å². The molecule has 0 atom stereocenters. The highest BCUT2D eigenvalue weighted by atomic mass is 32.1. The Hall–Kier alpha value is -2.54. The van der Waals surface area contributed by atoms with Crippen molar-refractivity contribution < 1.29 is 24.1 Å². The number of benzene rings is 1. The third-order valence-electron chi connectivity index (χ3n) is 3.07. The second-order valence-corrected chi connectivity index (χ2v) is 5.48. The van der Waals surface area contributed by atoms with Crippen molar-refractivity contribution in [1.82, 2.24) is 4.98 Å². The van der Waals surface area contributed by atoms with Gasteiger partial charge in [-0.3, -0.25) is 0 Å². The third-order valence-corrected chi connectivity index (χ3v) is 4.06. The molecule has 7 heteroatoms. The predicted octanol–water partition coefficient (Wildman–Crippen LogP) is 2.89. The molecule has 1 aromatic carbocycles. The summed E-state index contributed by atoms with van der Waals surface area (Å²) in [7, 11) is 4.19. The van der Waals surface area contributed by atoms with E-state index in [0.29, 0.717) is 16.1 Å². The molecule has 0 bridgehead atoms. The number of rotatable bonds is 5. The largest absolute Gasteiger partial charge is 0.502 e. The van der Waals surface area contributed by atoms with E-state index in [4.69, 9.17) is 14.2 Å². The Bertz CT molecular complexity index is 726. The van der Waals surface area contributed by atoms with Gasteiger partial charge in [0.1, 0.15) is 5.01 Å². The average molecular weight is 335 g/mol. The maximum atomic E-state index is 12.1. The summed E-state index contributed by atoms with van der Waals surface area (Å²) in [5.74, 6) is -0.104. The van der Waals surface area contributed by atoms with Gasteiger partial charge < -0.3 is 19.3 Å². The van der Waals surface area contributed by atoms with Crippen LogP contribution in [0.2, 0.25) is 0 Å². The van der Waals surface area contributed by atoms with E-state index in [1.807, 2.05) is 12.3 Å². The molecule has 0 radical (unpaired) electrons. The smallest absolute Gasteiger partial charge is 0.340 e. The van der Waals surface area contributed by atoms with Gasteiger partial charge in [0.2, 0.25) is 5.75 Å². The zero-order chi connectivity index (χ0) is 17.0. The van der Waals surface area contributed by atoms with Crippen LogP contribution in [0, 0.1) is 6.92 Å². The van der Waals surface area contributed by atoms with Crippen molar-refractivity contribution in [2.45, 2.75) is 6.92 Å². The summed E-state index contributed by atoms with van der Waals surface area (Å²) in [6.07, 6.45) is 1.62. The molecule has 2 aromatic rings. The fraction of sp³-hybridized carbons (Fsp3) is 0.250. The number of thiazole rings is 1. The van der Waals surface area contributed by atoms with Gasteiger partial charge in [-0.2, -0.15) is 0 Å². The van der Waals surface area contributed by atoms with Crippen molar-refractivity contribution >= 4 is 29.0 Å². The van der Waals surface area contributed by atoms with Crippen molar-refractivity contribution in [3.63, 3.8) is 0 Å². The van der Waals surface area contributed by atoms with E-state index >= 15 is 0 Å². The van der Waals surface area contributed by atoms with Gasteiger partial charge >= 0.3 is 5.97 Å². The van der Waals surface area contributed by atoms with Gasteiger partial charge in [0, 0.05) is 11.1 Å². The number of methoxy groups -OCH3 is 3. The number of carbonyl (C=O) groups is 1. The molecule has 0 saturated heterocycles. The fourth-order valence-corrected chi connectivity index (χ4v) is 2.76. The zero-order valence-corrected chi connectivity index (χ0v) is 14.1. The van der Waals surface area contributed by atoms with Gasteiger partial charge in [-0.25, -0.2) is 9.78 Å². The highest BCUT2D eigenvalue weighted by Gasteiger charge is 2.17. The third kappa shape index (κ3) is 3.62. The number of phenolic OH excluding ortho intramolecular Hbond substituents is 1. The van der Waals surface area contributed by atoms with E-state index in [-0.39, 0.29) is 17.2 Å². The number of nitrogens with zero attached hydrogens (tertiary/aromatic N) is 1. The van der Waals surface area contributed by atoms with E-state index in [9.17, 15) is 9.90 Å². The predicted molar refractivity (Wildman–Crippen MR) is 87.9 cm³/mol. The minimum absolute atomic E-state index is 0.100. The summed E-state index contributed by atoms with van der Waals surface area (Å²) in [5.41, 5.74) is 1.76. The first-order chi connectivity index (χ1) is 11.0. The van der Waals surface area contributed by atoms with Crippen molar-refractivity contribution in [3.8, 4) is 17.2 Å². The number of aromatic nitrogens is 1. The molecule has 0 aliphatic heterocycles. The second-order valence-electron chi connectivity index (χ2n) is 4.62. The normalized spacial score (nSPS) is 11.2. The molecule has 1 heterocycles. The lowest BCUT2D eigenvalue weighted by Gasteiger charge is -2.10. The van der Waals surface area contributed by atoms with Crippen LogP contribution in [0.3, 0.4) is 0 Å². The lowest BCUT2D eigenvalue weighted by Crippen LogP contribution is -2.04. The molecule has 0 saturated carbocycles. The summed E-state index contributed by atoms with van der Waals surface area (Å²) < 4.78 is 15.1. The van der Waals surface area contributed by atoms with Gasteiger partial charge in [-0.15, -0.1) is 11.3 Å². The molecule has 1 N–H and O–H groups in total. The second kappa shape index (κ2) is 7.15. The number of ether oxygens (including phenoxy) is 3. The van der Waals surface area contributed by atoms with Gasteiger partial charge in [-0.1, -0.05) is 0 Å². The minimum Gasteiger partial charge on any atom is -0.502 e. The van der Waals surface area contributed by atoms with Crippen LogP contribution in [0.1, 0.15) is 16.3 Å². The lowest BCUT2D eigenvalue weighted by atomic mass is 10.1. The van der Waals surface area contributed by atoms with Crippen LogP contribution in [0.15, 0.2) is 17.5 Å². The van der Waals surface area contributed by atoms with E-state index in [2.05, 4.69) is 4.98 Å². The Morgan fingerprint density at radius 1 is 1.22 bits per heavy atom. The molecule has 0 amide bonds. The summed E-state index contributed by atoms with van der Waals surface area (Å²) in [6.45, 7) is 1.85. The van der Waals surface area contributed by atoms with Crippen LogP contribution in [0.5, 0.6) is 17.2 Å². The van der Waals surface area contributed by atoms with Crippen LogP contribution >= 0.6 is 11.3 Å². The summed E-state index contributed by atoms with van der Waals surface area (Å²) in [6, 6.07) is 3.20. The lowest BCUT2D eigenvalue weighted by molar-refractivity contribution is -0.133. The van der Waals surface area contributed by atoms with Crippen LogP contribution in [0.25, 0.3) is 11.6 Å². The van der Waals surface area contributed by atoms with Crippen molar-refractivity contribution in [3.05, 3.63) is 33.8 Å². The molecule has 6 nitrogen and oxygen atoms in total. The molecular formula is C16H17NO5S. The quantitative estimate of drug-likeness (QED) is 0.669. The first-order valence-electron chi connectivity index (χ1n) is 6.67. The molecular weight excluding hydrogens is 318 g/mol. The molecule has 23 heavy (non-hydrogen) atoms. The van der Waals surface area contributed by atoms with E-state index in [1.54, 1.807) is 18.2 Å². The molecule has 0 aliphatic carbocycles. The topological polar surface area (TPSA) is 77.9 Å². The van der Waals surface area contributed by atoms with Crippen molar-refractivity contribution in [1.29, 1.82) is 0 Å². The number of esters is 1. The van der Waals surface area contributed by atoms with Gasteiger partial charge in [-0.05, 0) is 30.7 Å². The molecule has 2 rings (SSSR count). The van der Waals surface area contributed by atoms with E-state index in [1.165, 1.54) is 32.7 Å². The van der Waals surface area contributed by atoms with Crippen LogP contribution in [-0.4, -0.2) is 37.4 Å². The SMILES string of the molecule is COC(=O)/C(=C\c1cc(OC)c(O)c(OC)c1)c1nc(C)cs1. The molecule has 0 unspecified atom stereocenters. The first-order valence-corrected chi connectivity index (χ1v) is 7.55. The standard InChI is InChI=1S/C16H17NO5S/c1-9-8-23-15(17-9)11(16(19)22-4)5-10-6-12(20-2)14(18)13(7-10)21-3/h5-8,18H,1-4H3/b11-5-. The van der Waals surface area contributed by atoms with Crippen LogP contribution < -0.4 is 9.47 Å². The highest BCUT2D eigenvalue weighted by molar-refractivity contribution is 7.11. The summed E-state index contributed by atoms with van der Waals surface area (Å²) in [4.78, 5) is 16.4. The van der Waals surface area contributed by atoms with Crippen LogP contribution in [-0.2, 0) is 9.53 Å². The van der Waals surface area contributed by atoms with Gasteiger partial charge in [0.25, 0.3) is 0 Å². The number of carbonyl (C=O) groups excluding carboxylic acids is 1. The Morgan fingerprint density at radius 2 is 1.83 bits per heavy atom. The summed E-state index contributed by atoms with van der Waals surface area (Å²) in [5, 5.41) is 12.4. The Balaban J connectivity index is 2.57. The number of aryl methyl sites for hydroxylation is 1. The molecule has 0 fully saturated rings. The maximum absolute atomic E-state index is 12.1.